The topological polar surface area (TPSA) is 86.7 Å². The summed E-state index contributed by atoms with van der Waals surface area (Å²) >= 11 is 0. The van der Waals surface area contributed by atoms with Crippen molar-refractivity contribution in [1.29, 1.82) is 0 Å². The van der Waals surface area contributed by atoms with Crippen LogP contribution in [-0.4, -0.2) is 36.7 Å². The molecule has 6 nitrogen and oxygen atoms in total. The summed E-state index contributed by atoms with van der Waals surface area (Å²) in [5.41, 5.74) is 1.16. The first-order valence-corrected chi connectivity index (χ1v) is 12.8. The van der Waals surface area contributed by atoms with Crippen LogP contribution in [0.5, 0.6) is 0 Å². The number of hydrogen-bond donors (Lipinski definition) is 0. The maximum atomic E-state index is 13.0. The highest BCUT2D eigenvalue weighted by Crippen LogP contribution is 2.64. The van der Waals surface area contributed by atoms with Gasteiger partial charge in [-0.1, -0.05) is 24.6 Å². The van der Waals surface area contributed by atoms with Crippen molar-refractivity contribution < 1.29 is 28.7 Å². The normalized spacial score (nSPS) is 35.8. The zero-order valence-electron chi connectivity index (χ0n) is 21.8. The molecule has 0 aromatic rings. The SMILES string of the molecule is CC(=O)OCC(=O)[C@H]1CC[C@H]2[C@@H]3C[C@H](COC(=O)C(C)(C)C)C4=CC(=O)C=C[C@]4(C)C3=CC[C@]12C. The van der Waals surface area contributed by atoms with Crippen LogP contribution >= 0.6 is 0 Å². The highest BCUT2D eigenvalue weighted by molar-refractivity contribution is 6.01. The van der Waals surface area contributed by atoms with Crippen LogP contribution in [0.2, 0.25) is 0 Å². The van der Waals surface area contributed by atoms with Crippen LogP contribution in [0, 0.1) is 39.9 Å². The molecule has 0 aromatic heterocycles. The van der Waals surface area contributed by atoms with Crippen molar-refractivity contribution in [2.75, 3.05) is 13.2 Å². The van der Waals surface area contributed by atoms with E-state index in [1.54, 1.807) is 12.2 Å². The first-order chi connectivity index (χ1) is 16.3. The second-order valence-electron chi connectivity index (χ2n) is 12.3. The third-order valence-electron chi connectivity index (χ3n) is 8.95. The molecule has 190 valence electrons. The maximum Gasteiger partial charge on any atom is 0.311 e. The minimum atomic E-state index is -0.593. The van der Waals surface area contributed by atoms with Crippen molar-refractivity contribution in [3.8, 4) is 0 Å². The Balaban J connectivity index is 1.64. The predicted molar refractivity (Wildman–Crippen MR) is 131 cm³/mol. The molecule has 6 heteroatoms. The first-order valence-electron chi connectivity index (χ1n) is 12.8. The molecule has 0 saturated heterocycles. The van der Waals surface area contributed by atoms with E-state index in [0.29, 0.717) is 5.92 Å². The third-order valence-corrected chi connectivity index (χ3v) is 8.95. The van der Waals surface area contributed by atoms with Crippen LogP contribution in [0.3, 0.4) is 0 Å². The van der Waals surface area contributed by atoms with Gasteiger partial charge in [-0.05, 0) is 88.4 Å². The number of ketones is 2. The largest absolute Gasteiger partial charge is 0.465 e. The van der Waals surface area contributed by atoms with Crippen molar-refractivity contribution in [3.63, 3.8) is 0 Å². The van der Waals surface area contributed by atoms with Crippen molar-refractivity contribution >= 4 is 23.5 Å². The number of Topliss-reactive ketones (excluding diaryl/α,β-unsaturated/α-hetero) is 1. The lowest BCUT2D eigenvalue weighted by molar-refractivity contribution is -0.154. The van der Waals surface area contributed by atoms with Gasteiger partial charge in [0.15, 0.2) is 11.6 Å². The predicted octanol–water partition coefficient (Wildman–Crippen LogP) is 4.78. The van der Waals surface area contributed by atoms with Crippen molar-refractivity contribution in [3.05, 3.63) is 35.5 Å². The lowest BCUT2D eigenvalue weighted by Crippen LogP contribution is -2.48. The molecule has 0 amide bonds. The van der Waals surface area contributed by atoms with Crippen LogP contribution < -0.4 is 0 Å². The number of carbonyl (C=O) groups is 4. The van der Waals surface area contributed by atoms with Gasteiger partial charge in [0, 0.05) is 24.2 Å². The maximum absolute atomic E-state index is 13.0. The van der Waals surface area contributed by atoms with Crippen LogP contribution in [-0.2, 0) is 28.7 Å². The summed E-state index contributed by atoms with van der Waals surface area (Å²) in [5.74, 6) is -0.364. The van der Waals surface area contributed by atoms with Crippen LogP contribution in [0.15, 0.2) is 35.5 Å². The lowest BCUT2D eigenvalue weighted by atomic mass is 9.50. The summed E-state index contributed by atoms with van der Waals surface area (Å²) < 4.78 is 10.8. The zero-order chi connectivity index (χ0) is 25.8. The van der Waals surface area contributed by atoms with Crippen molar-refractivity contribution in [1.82, 2.24) is 0 Å². The van der Waals surface area contributed by atoms with Crippen molar-refractivity contribution in [2.24, 2.45) is 39.9 Å². The molecule has 0 bridgehead atoms. The molecule has 35 heavy (non-hydrogen) atoms. The van der Waals surface area contributed by atoms with E-state index in [4.69, 9.17) is 9.47 Å². The molecule has 0 aromatic carbocycles. The Morgan fingerprint density at radius 1 is 1.09 bits per heavy atom. The summed E-state index contributed by atoms with van der Waals surface area (Å²) in [5, 5.41) is 0. The van der Waals surface area contributed by atoms with Crippen LogP contribution in [0.25, 0.3) is 0 Å². The number of ether oxygens (including phenoxy) is 2. The highest BCUT2D eigenvalue weighted by Gasteiger charge is 2.58. The van der Waals surface area contributed by atoms with Gasteiger partial charge < -0.3 is 9.47 Å². The van der Waals surface area contributed by atoms with Gasteiger partial charge in [0.1, 0.15) is 6.61 Å². The average Bonchev–Trinajstić information content (AvgIpc) is 3.13. The molecular formula is C29H38O6. The van der Waals surface area contributed by atoms with Gasteiger partial charge in [-0.15, -0.1) is 0 Å². The summed E-state index contributed by atoms with van der Waals surface area (Å²) in [7, 11) is 0. The highest BCUT2D eigenvalue weighted by atomic mass is 16.5. The number of esters is 2. The van der Waals surface area contributed by atoms with E-state index in [9.17, 15) is 19.2 Å². The Bertz CT molecular complexity index is 1040. The summed E-state index contributed by atoms with van der Waals surface area (Å²) in [6.45, 7) is 11.3. The van der Waals surface area contributed by atoms with Crippen molar-refractivity contribution in [2.45, 2.75) is 67.2 Å². The van der Waals surface area contributed by atoms with E-state index in [-0.39, 0.29) is 53.9 Å². The fourth-order valence-electron chi connectivity index (χ4n) is 7.09. The fourth-order valence-corrected chi connectivity index (χ4v) is 7.09. The minimum absolute atomic E-state index is 0.00321. The molecule has 6 atom stereocenters. The smallest absolute Gasteiger partial charge is 0.311 e. The molecule has 0 unspecified atom stereocenters. The monoisotopic (exact) mass is 482 g/mol. The number of fused-ring (bicyclic) bond motifs is 5. The second kappa shape index (κ2) is 8.86. The average molecular weight is 483 g/mol. The second-order valence-corrected chi connectivity index (χ2v) is 12.3. The molecular weight excluding hydrogens is 444 g/mol. The molecule has 4 aliphatic rings. The molecule has 4 rings (SSSR count). The Labute approximate surface area is 208 Å². The fraction of sp³-hybridized carbons (Fsp3) is 0.655. The summed E-state index contributed by atoms with van der Waals surface area (Å²) in [6, 6.07) is 0. The Kier molecular flexibility index (Phi) is 6.48. The molecule has 0 radical (unpaired) electrons. The molecule has 0 spiro atoms. The molecule has 0 aliphatic heterocycles. The molecule has 0 heterocycles. The number of hydrogen-bond acceptors (Lipinski definition) is 6. The van der Waals surface area contributed by atoms with Gasteiger partial charge in [0.2, 0.25) is 0 Å². The molecule has 0 N–H and O–H groups in total. The van der Waals surface area contributed by atoms with E-state index in [2.05, 4.69) is 19.9 Å². The standard InChI is InChI=1S/C29H38O6/c1-17(30)34-16-25(32)23-8-7-21-20-13-18(15-35-26(33)27(2,3)4)24-14-19(31)9-11-29(24,6)22(20)10-12-28(21,23)5/h9-11,14,18,20-21,23H,7-8,12-13,15-16H2,1-6H3/t18-,20+,21+,23-,28+,29-/m1/s1. The third kappa shape index (κ3) is 4.45. The number of rotatable bonds is 5. The van der Waals surface area contributed by atoms with Gasteiger partial charge >= 0.3 is 11.9 Å². The lowest BCUT2D eigenvalue weighted by Gasteiger charge is -2.54. The Hall–Kier alpha value is -2.50. The van der Waals surface area contributed by atoms with Gasteiger partial charge in [-0.3, -0.25) is 19.2 Å². The van der Waals surface area contributed by atoms with E-state index in [1.165, 1.54) is 12.5 Å². The van der Waals surface area contributed by atoms with Gasteiger partial charge in [0.25, 0.3) is 0 Å². The van der Waals surface area contributed by atoms with E-state index in [1.807, 2.05) is 26.8 Å². The number of allylic oxidation sites excluding steroid dienone is 5. The zero-order valence-corrected chi connectivity index (χ0v) is 21.8. The van der Waals surface area contributed by atoms with Gasteiger partial charge in [-0.25, -0.2) is 0 Å². The quantitative estimate of drug-likeness (QED) is 0.414. The van der Waals surface area contributed by atoms with E-state index >= 15 is 0 Å². The molecule has 2 saturated carbocycles. The first kappa shape index (κ1) is 25.6. The van der Waals surface area contributed by atoms with Gasteiger partial charge in [0.05, 0.1) is 12.0 Å². The number of carbonyl (C=O) groups excluding carboxylic acids is 4. The summed E-state index contributed by atoms with van der Waals surface area (Å²) in [4.78, 5) is 49.2. The van der Waals surface area contributed by atoms with E-state index in [0.717, 1.165) is 31.3 Å². The Morgan fingerprint density at radius 2 is 1.80 bits per heavy atom. The Morgan fingerprint density at radius 3 is 2.46 bits per heavy atom. The minimum Gasteiger partial charge on any atom is -0.465 e. The van der Waals surface area contributed by atoms with Crippen LogP contribution in [0.1, 0.15) is 67.2 Å². The van der Waals surface area contributed by atoms with Crippen LogP contribution in [0.4, 0.5) is 0 Å². The summed E-state index contributed by atoms with van der Waals surface area (Å²) in [6.07, 6.45) is 11.0. The molecule has 2 fully saturated rings. The van der Waals surface area contributed by atoms with E-state index < -0.39 is 16.8 Å². The van der Waals surface area contributed by atoms with Gasteiger partial charge in [-0.2, -0.15) is 0 Å². The molecule has 4 aliphatic carbocycles.